The molecular formula is C85H116N6O17Si. The van der Waals surface area contributed by atoms with Crippen LogP contribution in [-0.4, -0.2) is 135 Å². The van der Waals surface area contributed by atoms with Crippen molar-refractivity contribution in [2.45, 2.75) is 223 Å². The summed E-state index contributed by atoms with van der Waals surface area (Å²) in [6, 6.07) is 18.3. The number of amides is 6. The SMILES string of the molecule is C=CCCC(=O)C[C@H](C(=O)N[C@@H](C)C(=O)Cc1ccc(COC(=O)Nc2cc(OCCCCCOc3cc(NC(=O)OCc4ccc(CC(=O)[C@H](C)NC(=O)[C@@H](CC(=O)OCC=C)C(C)C)cc4)c(C(=O)N4C=C(C)CC4CC)cc3OC)c(C)cc2C(=O)N2C=C(C)C[C@H]2CO[Si](C)(C)C(C)(C)C)cc1)C(C)C. The van der Waals surface area contributed by atoms with E-state index in [0.29, 0.717) is 91.5 Å². The van der Waals surface area contributed by atoms with E-state index in [1.807, 2.05) is 67.8 Å². The number of methoxy groups -OCH3 is 1. The number of allylic oxidation sites excluding steroid dienone is 1. The van der Waals surface area contributed by atoms with Crippen molar-refractivity contribution in [3.05, 3.63) is 161 Å². The molecule has 2 heterocycles. The van der Waals surface area contributed by atoms with Crippen LogP contribution in [0.5, 0.6) is 17.2 Å². The summed E-state index contributed by atoms with van der Waals surface area (Å²) in [6.45, 7) is 37.0. The van der Waals surface area contributed by atoms with E-state index in [9.17, 15) is 47.9 Å². The van der Waals surface area contributed by atoms with E-state index in [1.165, 1.54) is 13.2 Å². The number of anilines is 2. The van der Waals surface area contributed by atoms with Crippen LogP contribution in [0.2, 0.25) is 18.1 Å². The number of hydrogen-bond donors (Lipinski definition) is 4. The minimum absolute atomic E-state index is 0.0110. The van der Waals surface area contributed by atoms with Crippen LogP contribution in [0, 0.1) is 30.6 Å². The first-order valence-electron chi connectivity index (χ1n) is 37.9. The predicted molar refractivity (Wildman–Crippen MR) is 424 cm³/mol. The summed E-state index contributed by atoms with van der Waals surface area (Å²) in [5.74, 6) is -3.07. The van der Waals surface area contributed by atoms with Crippen LogP contribution in [0.15, 0.2) is 122 Å². The van der Waals surface area contributed by atoms with E-state index in [2.05, 4.69) is 68.3 Å². The van der Waals surface area contributed by atoms with Gasteiger partial charge >= 0.3 is 18.2 Å². The van der Waals surface area contributed by atoms with Crippen LogP contribution in [0.25, 0.3) is 0 Å². The van der Waals surface area contributed by atoms with Gasteiger partial charge in [0.05, 0.1) is 79.9 Å². The van der Waals surface area contributed by atoms with Crippen LogP contribution in [-0.2, 0) is 73.5 Å². The summed E-state index contributed by atoms with van der Waals surface area (Å²) in [7, 11) is -0.734. The average Bonchev–Trinajstić information content (AvgIpc) is 1.76. The molecule has 0 fully saturated rings. The Kier molecular flexibility index (Phi) is 33.8. The fourth-order valence-corrected chi connectivity index (χ4v) is 13.4. The van der Waals surface area contributed by atoms with Gasteiger partial charge in [0.15, 0.2) is 31.4 Å². The molecule has 592 valence electrons. The molecule has 1 unspecified atom stereocenters. The monoisotopic (exact) mass is 1520 g/mol. The van der Waals surface area contributed by atoms with Gasteiger partial charge in [-0.05, 0) is 149 Å². The quantitative estimate of drug-likeness (QED) is 0.0105. The fourth-order valence-electron chi connectivity index (χ4n) is 12.3. The van der Waals surface area contributed by atoms with Gasteiger partial charge in [-0.1, -0.05) is 134 Å². The number of nitrogens with zero attached hydrogens (tertiary/aromatic N) is 2. The molecule has 0 saturated carbocycles. The highest BCUT2D eigenvalue weighted by molar-refractivity contribution is 6.74. The van der Waals surface area contributed by atoms with Crippen molar-refractivity contribution in [3.8, 4) is 17.2 Å². The van der Waals surface area contributed by atoms with E-state index in [1.54, 1.807) is 103 Å². The smallest absolute Gasteiger partial charge is 0.411 e. The summed E-state index contributed by atoms with van der Waals surface area (Å²) in [5, 5.41) is 11.1. The van der Waals surface area contributed by atoms with Gasteiger partial charge in [0.2, 0.25) is 11.8 Å². The van der Waals surface area contributed by atoms with Crippen LogP contribution in [0.4, 0.5) is 21.0 Å². The van der Waals surface area contributed by atoms with Crippen molar-refractivity contribution in [2.24, 2.45) is 23.7 Å². The van der Waals surface area contributed by atoms with Crippen LogP contribution in [0.3, 0.4) is 0 Å². The molecule has 0 radical (unpaired) electrons. The Morgan fingerprint density at radius 1 is 0.587 bits per heavy atom. The van der Waals surface area contributed by atoms with Crippen LogP contribution >= 0.6 is 0 Å². The zero-order valence-corrected chi connectivity index (χ0v) is 67.8. The number of benzene rings is 4. The number of Topliss-reactive ketones (excluding diaryl/α,β-unsaturated/α-hetero) is 3. The number of unbranched alkanes of at least 4 members (excludes halogenated alkanes) is 2. The fraction of sp³-hybridized carbons (Fsp3) is 0.506. The van der Waals surface area contributed by atoms with Gasteiger partial charge in [0, 0.05) is 62.2 Å². The van der Waals surface area contributed by atoms with Gasteiger partial charge < -0.3 is 53.3 Å². The summed E-state index contributed by atoms with van der Waals surface area (Å²) >= 11 is 0. The zero-order chi connectivity index (χ0) is 80.4. The lowest BCUT2D eigenvalue weighted by Crippen LogP contribution is -2.45. The van der Waals surface area contributed by atoms with Crippen molar-refractivity contribution in [1.29, 1.82) is 0 Å². The van der Waals surface area contributed by atoms with E-state index < -0.39 is 56.3 Å². The second-order valence-corrected chi connectivity index (χ2v) is 35.6. The Hall–Kier alpha value is -9.68. The molecule has 0 aliphatic carbocycles. The molecular weight excluding hydrogens is 1410 g/mol. The number of rotatable bonds is 42. The first-order chi connectivity index (χ1) is 51.6. The molecule has 0 bridgehead atoms. The molecule has 23 nitrogen and oxygen atoms in total. The lowest BCUT2D eigenvalue weighted by Gasteiger charge is -2.38. The van der Waals surface area contributed by atoms with E-state index in [0.717, 1.165) is 11.1 Å². The highest BCUT2D eigenvalue weighted by Crippen LogP contribution is 2.40. The number of carbonyl (C=O) groups excluding carboxylic acids is 10. The number of ketones is 3. The Morgan fingerprint density at radius 3 is 1.51 bits per heavy atom. The van der Waals surface area contributed by atoms with Crippen molar-refractivity contribution >= 4 is 78.8 Å². The first kappa shape index (κ1) is 88.2. The summed E-state index contributed by atoms with van der Waals surface area (Å²) < 4.78 is 41.7. The first-order valence-corrected chi connectivity index (χ1v) is 40.8. The number of hydrogen-bond acceptors (Lipinski definition) is 17. The third-order valence-corrected chi connectivity index (χ3v) is 24.7. The molecule has 2 aliphatic heterocycles. The lowest BCUT2D eigenvalue weighted by atomic mass is 9.88. The molecule has 109 heavy (non-hydrogen) atoms. The standard InChI is InChI=1S/C85H116N6O17Si/c1-19-22-26-66(92)43-67(53(4)5)79(96)86-58(11)73(93)41-60-27-31-62(32-28-60)50-106-83(100)88-71-46-75(57(10)40-69(71)81(98)91-49-56(9)39-65(91)52-108-109(17,18)85(13,14)15)103-36-24-23-25-37-104-77-47-72(70(44-76(77)102-16)82(99)90-48-55(8)38-64(90)21-3)89-84(101)107-51-63-33-29-61(30-34-63)42-74(94)59(12)87-80(97)68(54(6)7)45-78(95)105-35-20-2/h19-20,27-34,40,44,46-49,53-54,58-59,64-65,67-68H,1-2,21-26,35-39,41-43,45,50-52H2,3-18H3,(H,86,96)(H,87,97)(H,88,100)(H,89,101)/t58-,59-,64?,65-,67-,68-/m0/s1. The average molecular weight is 1520 g/mol. The summed E-state index contributed by atoms with van der Waals surface area (Å²) in [4.78, 5) is 138. The molecule has 4 aromatic rings. The van der Waals surface area contributed by atoms with Crippen LogP contribution in [0.1, 0.15) is 196 Å². The van der Waals surface area contributed by atoms with Gasteiger partial charge in [0.1, 0.15) is 31.4 Å². The maximum absolute atomic E-state index is 14.9. The zero-order valence-electron chi connectivity index (χ0n) is 66.8. The lowest BCUT2D eigenvalue weighted by molar-refractivity contribution is -0.146. The second-order valence-electron chi connectivity index (χ2n) is 30.8. The predicted octanol–water partition coefficient (Wildman–Crippen LogP) is 15.6. The molecule has 4 aromatic carbocycles. The Bertz CT molecular complexity index is 3950. The normalized spacial score (nSPS) is 15.3. The molecule has 6 amide bonds. The van der Waals surface area contributed by atoms with Crippen LogP contribution < -0.4 is 35.5 Å². The maximum atomic E-state index is 14.9. The van der Waals surface area contributed by atoms with E-state index in [4.69, 9.17) is 32.8 Å². The van der Waals surface area contributed by atoms with Crippen molar-refractivity contribution in [2.75, 3.05) is 44.2 Å². The molecule has 0 spiro atoms. The van der Waals surface area contributed by atoms with Gasteiger partial charge in [-0.25, -0.2) is 9.59 Å². The third kappa shape index (κ3) is 26.6. The Balaban J connectivity index is 1.10. The number of aryl methyl sites for hydroxylation is 1. The summed E-state index contributed by atoms with van der Waals surface area (Å²) in [6.07, 6.45) is 9.73. The molecule has 0 aromatic heterocycles. The minimum atomic E-state index is -2.20. The van der Waals surface area contributed by atoms with Crippen molar-refractivity contribution < 1.29 is 80.8 Å². The summed E-state index contributed by atoms with van der Waals surface area (Å²) in [5.41, 5.74) is 5.99. The minimum Gasteiger partial charge on any atom is -0.493 e. The highest BCUT2D eigenvalue weighted by atomic mass is 28.4. The van der Waals surface area contributed by atoms with E-state index in [-0.39, 0.29) is 157 Å². The van der Waals surface area contributed by atoms with Gasteiger partial charge in [-0.15, -0.1) is 6.58 Å². The number of ether oxygens (including phenoxy) is 6. The van der Waals surface area contributed by atoms with E-state index >= 15 is 0 Å². The van der Waals surface area contributed by atoms with Gasteiger partial charge in [0.25, 0.3) is 11.8 Å². The van der Waals surface area contributed by atoms with Gasteiger partial charge in [-0.3, -0.25) is 49.0 Å². The molecule has 2 aliphatic rings. The number of esters is 1. The molecule has 0 saturated heterocycles. The third-order valence-electron chi connectivity index (χ3n) is 20.2. The topological polar surface area (TPSA) is 290 Å². The largest absolute Gasteiger partial charge is 0.493 e. The molecule has 6 rings (SSSR count). The second kappa shape index (κ2) is 41.8. The van der Waals surface area contributed by atoms with Gasteiger partial charge in [-0.2, -0.15) is 0 Å². The molecule has 24 heteroatoms. The molecule has 6 atom stereocenters. The van der Waals surface area contributed by atoms with Crippen molar-refractivity contribution in [1.82, 2.24) is 20.4 Å². The Morgan fingerprint density at radius 2 is 1.05 bits per heavy atom. The Labute approximate surface area is 645 Å². The van der Waals surface area contributed by atoms with Crippen molar-refractivity contribution in [3.63, 3.8) is 0 Å². The number of carbonyl (C=O) groups is 10. The molecule has 4 N–H and O–H groups in total. The maximum Gasteiger partial charge on any atom is 0.411 e. The number of nitrogens with one attached hydrogen (secondary N) is 4. The highest BCUT2D eigenvalue weighted by Gasteiger charge is 2.40.